The number of esters is 1. The molecule has 3 heteroatoms. The van der Waals surface area contributed by atoms with E-state index < -0.39 is 6.10 Å². The molecule has 0 saturated heterocycles. The molecule has 0 saturated carbocycles. The van der Waals surface area contributed by atoms with E-state index in [2.05, 4.69) is 48.5 Å². The first-order chi connectivity index (χ1) is 18.0. The van der Waals surface area contributed by atoms with Crippen molar-refractivity contribution in [3.05, 3.63) is 42.0 Å². The van der Waals surface area contributed by atoms with Crippen molar-refractivity contribution < 1.29 is 14.6 Å². The fourth-order valence-corrected chi connectivity index (χ4v) is 5.60. The first-order valence-electron chi connectivity index (χ1n) is 15.5. The van der Waals surface area contributed by atoms with E-state index in [-0.39, 0.29) is 28.6 Å². The Balaban J connectivity index is 2.52. The van der Waals surface area contributed by atoms with Crippen LogP contribution in [0.5, 0.6) is 0 Å². The largest absolute Gasteiger partial charge is 0.463 e. The number of aliphatic hydroxyl groups excluding tert-OH is 1. The summed E-state index contributed by atoms with van der Waals surface area (Å²) in [6.45, 7) is 16.0. The minimum Gasteiger partial charge on any atom is -0.463 e. The molecule has 1 aromatic carbocycles. The number of carbonyl (C=O) groups excluding carboxylic acids is 1. The molecule has 3 atom stereocenters. The summed E-state index contributed by atoms with van der Waals surface area (Å²) in [7, 11) is 0. The topological polar surface area (TPSA) is 46.5 Å². The van der Waals surface area contributed by atoms with Crippen molar-refractivity contribution in [1.82, 2.24) is 0 Å². The lowest BCUT2D eigenvalue weighted by Gasteiger charge is -2.43. The van der Waals surface area contributed by atoms with Crippen LogP contribution < -0.4 is 0 Å². The summed E-state index contributed by atoms with van der Waals surface area (Å²) in [5.74, 6) is -0.0476. The maximum absolute atomic E-state index is 12.3. The van der Waals surface area contributed by atoms with E-state index in [1.54, 1.807) is 6.08 Å². The Bertz CT molecular complexity index is 754. The van der Waals surface area contributed by atoms with Crippen LogP contribution in [0.3, 0.4) is 0 Å². The summed E-state index contributed by atoms with van der Waals surface area (Å²) in [5.41, 5.74) is 0.922. The Kier molecular flexibility index (Phi) is 16.9. The van der Waals surface area contributed by atoms with Crippen LogP contribution in [0.2, 0.25) is 0 Å². The molecule has 1 rings (SSSR count). The van der Waals surface area contributed by atoms with Gasteiger partial charge in [-0.2, -0.15) is 0 Å². The number of benzene rings is 1. The molecule has 0 aliphatic carbocycles. The predicted molar refractivity (Wildman–Crippen MR) is 164 cm³/mol. The van der Waals surface area contributed by atoms with E-state index in [0.29, 0.717) is 13.0 Å². The van der Waals surface area contributed by atoms with Crippen molar-refractivity contribution in [2.75, 3.05) is 6.61 Å². The molecule has 0 heterocycles. The number of aliphatic hydroxyl groups is 1. The van der Waals surface area contributed by atoms with Crippen LogP contribution in [0.1, 0.15) is 138 Å². The lowest BCUT2D eigenvalue weighted by Crippen LogP contribution is -2.43. The highest BCUT2D eigenvalue weighted by Crippen LogP contribution is 2.42. The summed E-state index contributed by atoms with van der Waals surface area (Å²) in [5, 5.41) is 11.7. The molecule has 1 aromatic rings. The van der Waals surface area contributed by atoms with Gasteiger partial charge in [0.05, 0.1) is 12.7 Å². The maximum Gasteiger partial charge on any atom is 0.330 e. The molecule has 0 bridgehead atoms. The Hall–Kier alpha value is -1.61. The SMILES string of the molecule is CCCCCCCCCCCCCC(C(O)C(CCOC(=O)C=Cc1ccccc1)C(C)(C)C)C(C)(C)C. The standard InChI is InChI=1S/C35H60O3/c1-8-9-10-11-12-13-14-15-16-17-21-24-30(34(2,3)4)33(37)31(35(5,6)7)27-28-38-32(36)26-25-29-22-19-18-20-23-29/h18-20,22-23,25-26,30-31,33,37H,8-17,21,24,27-28H2,1-7H3. The van der Waals surface area contributed by atoms with Gasteiger partial charge in [-0.1, -0.05) is 149 Å². The summed E-state index contributed by atoms with van der Waals surface area (Å²) in [6, 6.07) is 9.76. The normalized spacial score (nSPS) is 14.9. The zero-order chi connectivity index (χ0) is 28.4. The summed E-state index contributed by atoms with van der Waals surface area (Å²) >= 11 is 0. The number of unbranched alkanes of at least 4 members (excludes halogenated alkanes) is 10. The van der Waals surface area contributed by atoms with Crippen LogP contribution in [-0.2, 0) is 9.53 Å². The predicted octanol–water partition coefficient (Wildman–Crippen LogP) is 10.0. The zero-order valence-electron chi connectivity index (χ0n) is 25.9. The molecule has 38 heavy (non-hydrogen) atoms. The van der Waals surface area contributed by atoms with Gasteiger partial charge < -0.3 is 9.84 Å². The second kappa shape index (κ2) is 18.6. The van der Waals surface area contributed by atoms with E-state index in [0.717, 1.165) is 12.0 Å². The third-order valence-electron chi connectivity index (χ3n) is 8.05. The zero-order valence-corrected chi connectivity index (χ0v) is 25.9. The first-order valence-corrected chi connectivity index (χ1v) is 15.5. The molecule has 0 radical (unpaired) electrons. The molecular weight excluding hydrogens is 468 g/mol. The Morgan fingerprint density at radius 3 is 1.74 bits per heavy atom. The number of ether oxygens (including phenoxy) is 1. The third-order valence-corrected chi connectivity index (χ3v) is 8.05. The van der Waals surface area contributed by atoms with Gasteiger partial charge in [-0.3, -0.25) is 0 Å². The van der Waals surface area contributed by atoms with Crippen LogP contribution in [0.4, 0.5) is 0 Å². The van der Waals surface area contributed by atoms with E-state index in [9.17, 15) is 9.90 Å². The monoisotopic (exact) mass is 528 g/mol. The fraction of sp³-hybridized carbons (Fsp3) is 0.743. The highest BCUT2D eigenvalue weighted by molar-refractivity contribution is 5.86. The summed E-state index contributed by atoms with van der Waals surface area (Å²) in [6.07, 6.45) is 19.3. The molecular formula is C35H60O3. The quantitative estimate of drug-likeness (QED) is 0.110. The molecule has 1 N–H and O–H groups in total. The van der Waals surface area contributed by atoms with Gasteiger partial charge in [0.1, 0.15) is 0 Å². The van der Waals surface area contributed by atoms with Crippen molar-refractivity contribution in [3.8, 4) is 0 Å². The van der Waals surface area contributed by atoms with Gasteiger partial charge >= 0.3 is 5.97 Å². The molecule has 0 fully saturated rings. The van der Waals surface area contributed by atoms with Crippen LogP contribution in [0.25, 0.3) is 6.08 Å². The molecule has 3 nitrogen and oxygen atoms in total. The van der Waals surface area contributed by atoms with E-state index in [4.69, 9.17) is 4.74 Å². The molecule has 0 amide bonds. The summed E-state index contributed by atoms with van der Waals surface area (Å²) in [4.78, 5) is 12.3. The Morgan fingerprint density at radius 2 is 1.24 bits per heavy atom. The molecule has 0 aliphatic heterocycles. The number of rotatable bonds is 19. The number of carbonyl (C=O) groups is 1. The maximum atomic E-state index is 12.3. The van der Waals surface area contributed by atoms with Gasteiger partial charge in [0.25, 0.3) is 0 Å². The second-order valence-electron chi connectivity index (χ2n) is 13.5. The average Bonchev–Trinajstić information content (AvgIpc) is 2.85. The molecule has 0 spiro atoms. The van der Waals surface area contributed by atoms with Gasteiger partial charge in [0.2, 0.25) is 0 Å². The number of hydrogen-bond acceptors (Lipinski definition) is 3. The Morgan fingerprint density at radius 1 is 0.763 bits per heavy atom. The van der Waals surface area contributed by atoms with Crippen LogP contribution in [0.15, 0.2) is 36.4 Å². The second-order valence-corrected chi connectivity index (χ2v) is 13.5. The average molecular weight is 529 g/mol. The molecule has 0 aromatic heterocycles. The van der Waals surface area contributed by atoms with Crippen molar-refractivity contribution in [3.63, 3.8) is 0 Å². The third kappa shape index (κ3) is 15.1. The Labute approximate surface area is 235 Å². The lowest BCUT2D eigenvalue weighted by atomic mass is 9.65. The van der Waals surface area contributed by atoms with E-state index >= 15 is 0 Å². The number of hydrogen-bond donors (Lipinski definition) is 1. The minimum absolute atomic E-state index is 0.0243. The van der Waals surface area contributed by atoms with Gasteiger partial charge in [-0.25, -0.2) is 4.79 Å². The molecule has 0 aliphatic rings. The van der Waals surface area contributed by atoms with Gasteiger partial charge in [-0.05, 0) is 47.1 Å². The van der Waals surface area contributed by atoms with E-state index in [1.807, 2.05) is 30.3 Å². The van der Waals surface area contributed by atoms with Crippen LogP contribution >= 0.6 is 0 Å². The minimum atomic E-state index is -0.420. The van der Waals surface area contributed by atoms with Gasteiger partial charge in [-0.15, -0.1) is 0 Å². The van der Waals surface area contributed by atoms with Crippen LogP contribution in [-0.4, -0.2) is 23.8 Å². The van der Waals surface area contributed by atoms with Crippen LogP contribution in [0, 0.1) is 22.7 Å². The van der Waals surface area contributed by atoms with Gasteiger partial charge in [0, 0.05) is 6.08 Å². The fourth-order valence-electron chi connectivity index (χ4n) is 5.60. The van der Waals surface area contributed by atoms with Crippen molar-refractivity contribution in [2.45, 2.75) is 138 Å². The highest BCUT2D eigenvalue weighted by atomic mass is 16.5. The van der Waals surface area contributed by atoms with Crippen molar-refractivity contribution in [1.29, 1.82) is 0 Å². The van der Waals surface area contributed by atoms with Crippen molar-refractivity contribution in [2.24, 2.45) is 22.7 Å². The highest BCUT2D eigenvalue weighted by Gasteiger charge is 2.40. The smallest absolute Gasteiger partial charge is 0.330 e. The van der Waals surface area contributed by atoms with Gasteiger partial charge in [0.15, 0.2) is 0 Å². The molecule has 218 valence electrons. The lowest BCUT2D eigenvalue weighted by molar-refractivity contribution is -0.139. The first kappa shape index (κ1) is 34.4. The molecule has 3 unspecified atom stereocenters. The summed E-state index contributed by atoms with van der Waals surface area (Å²) < 4.78 is 5.54. The van der Waals surface area contributed by atoms with E-state index in [1.165, 1.54) is 76.7 Å². The van der Waals surface area contributed by atoms with Crippen molar-refractivity contribution >= 4 is 12.0 Å².